The lowest BCUT2D eigenvalue weighted by molar-refractivity contribution is -0.0203. The molecule has 2 atom stereocenters. The Bertz CT molecular complexity index is 1020. The number of benzene rings is 2. The SMILES string of the molecule is COc1ccccc1[C@H]1Oc2ccc(Br)cc2[C@@H]2CC(c3ccco3)=NN12. The van der Waals surface area contributed by atoms with Crippen LogP contribution in [-0.4, -0.2) is 17.8 Å². The minimum Gasteiger partial charge on any atom is -0.496 e. The molecule has 136 valence electrons. The maximum absolute atomic E-state index is 6.38. The lowest BCUT2D eigenvalue weighted by Crippen LogP contribution is -2.34. The molecule has 2 aliphatic rings. The van der Waals surface area contributed by atoms with Crippen molar-refractivity contribution in [1.29, 1.82) is 0 Å². The molecule has 27 heavy (non-hydrogen) atoms. The summed E-state index contributed by atoms with van der Waals surface area (Å²) in [6.07, 6.45) is 2.06. The van der Waals surface area contributed by atoms with Crippen LogP contribution in [0.3, 0.4) is 0 Å². The Morgan fingerprint density at radius 3 is 2.81 bits per heavy atom. The van der Waals surface area contributed by atoms with Crippen molar-refractivity contribution in [1.82, 2.24) is 5.01 Å². The highest BCUT2D eigenvalue weighted by atomic mass is 79.9. The molecule has 6 heteroatoms. The molecule has 0 aliphatic carbocycles. The Labute approximate surface area is 165 Å². The van der Waals surface area contributed by atoms with Gasteiger partial charge in [0.1, 0.15) is 23.0 Å². The largest absolute Gasteiger partial charge is 0.496 e. The molecule has 0 amide bonds. The predicted octanol–water partition coefficient (Wildman–Crippen LogP) is 5.29. The van der Waals surface area contributed by atoms with Crippen molar-refractivity contribution >= 4 is 21.6 Å². The number of furan rings is 1. The van der Waals surface area contributed by atoms with Crippen LogP contribution < -0.4 is 9.47 Å². The average Bonchev–Trinajstić information content (AvgIpc) is 3.37. The zero-order valence-corrected chi connectivity index (χ0v) is 16.2. The van der Waals surface area contributed by atoms with Crippen molar-refractivity contribution < 1.29 is 13.9 Å². The fraction of sp³-hybridized carbons (Fsp3) is 0.190. The monoisotopic (exact) mass is 424 g/mol. The van der Waals surface area contributed by atoms with Crippen LogP contribution in [0.25, 0.3) is 0 Å². The third-order valence-electron chi connectivity index (χ3n) is 4.96. The van der Waals surface area contributed by atoms with E-state index in [1.807, 2.05) is 53.5 Å². The molecular formula is C21H17BrN2O3. The summed E-state index contributed by atoms with van der Waals surface area (Å²) >= 11 is 3.57. The lowest BCUT2D eigenvalue weighted by Gasteiger charge is -2.38. The zero-order chi connectivity index (χ0) is 18.4. The minimum absolute atomic E-state index is 0.0706. The summed E-state index contributed by atoms with van der Waals surface area (Å²) < 4.78 is 18.6. The van der Waals surface area contributed by atoms with Gasteiger partial charge in [0.05, 0.1) is 25.0 Å². The standard InChI is InChI=1S/C21H17BrN2O3/c1-25-18-6-3-2-5-14(18)21-24-17(12-16(23-24)20-7-4-10-26-20)15-11-13(22)8-9-19(15)27-21/h2-11,17,21H,12H2,1H3/t17-,21+/m0/s1. The van der Waals surface area contributed by atoms with Crippen LogP contribution in [0.15, 0.2) is 74.9 Å². The van der Waals surface area contributed by atoms with Crippen molar-refractivity contribution in [3.05, 3.63) is 82.2 Å². The Morgan fingerprint density at radius 1 is 1.11 bits per heavy atom. The molecule has 0 radical (unpaired) electrons. The van der Waals surface area contributed by atoms with Gasteiger partial charge in [0.15, 0.2) is 0 Å². The van der Waals surface area contributed by atoms with E-state index < -0.39 is 0 Å². The van der Waals surface area contributed by atoms with Crippen LogP contribution in [0.4, 0.5) is 0 Å². The van der Waals surface area contributed by atoms with Crippen molar-refractivity contribution in [2.24, 2.45) is 5.10 Å². The van der Waals surface area contributed by atoms with Crippen molar-refractivity contribution in [2.75, 3.05) is 7.11 Å². The second-order valence-corrected chi connectivity index (χ2v) is 7.43. The van der Waals surface area contributed by atoms with E-state index in [1.54, 1.807) is 13.4 Å². The van der Waals surface area contributed by atoms with Crippen molar-refractivity contribution in [2.45, 2.75) is 18.7 Å². The fourth-order valence-electron chi connectivity index (χ4n) is 3.73. The molecule has 0 saturated carbocycles. The van der Waals surface area contributed by atoms with Gasteiger partial charge < -0.3 is 13.9 Å². The maximum Gasteiger partial charge on any atom is 0.217 e. The Kier molecular flexibility index (Phi) is 3.93. The molecule has 0 fully saturated rings. The predicted molar refractivity (Wildman–Crippen MR) is 105 cm³/mol. The molecule has 2 aromatic carbocycles. The number of nitrogens with zero attached hydrogens (tertiary/aromatic N) is 2. The quantitative estimate of drug-likeness (QED) is 0.572. The van der Waals surface area contributed by atoms with Crippen LogP contribution >= 0.6 is 15.9 Å². The number of hydrogen-bond donors (Lipinski definition) is 0. The highest BCUT2D eigenvalue weighted by molar-refractivity contribution is 9.10. The Morgan fingerprint density at radius 2 is 2.00 bits per heavy atom. The molecule has 0 N–H and O–H groups in total. The second-order valence-electron chi connectivity index (χ2n) is 6.52. The van der Waals surface area contributed by atoms with E-state index in [9.17, 15) is 0 Å². The van der Waals surface area contributed by atoms with Crippen LogP contribution in [0, 0.1) is 0 Å². The average molecular weight is 425 g/mol. The van der Waals surface area contributed by atoms with Gasteiger partial charge in [0, 0.05) is 16.5 Å². The fourth-order valence-corrected chi connectivity index (χ4v) is 4.10. The number of hydrazone groups is 1. The van der Waals surface area contributed by atoms with Gasteiger partial charge in [-0.2, -0.15) is 5.10 Å². The first-order valence-corrected chi connectivity index (χ1v) is 9.52. The number of methoxy groups -OCH3 is 1. The molecule has 0 bridgehead atoms. The van der Waals surface area contributed by atoms with E-state index in [-0.39, 0.29) is 12.3 Å². The molecule has 0 spiro atoms. The van der Waals surface area contributed by atoms with Crippen LogP contribution in [0.5, 0.6) is 11.5 Å². The topological polar surface area (TPSA) is 47.2 Å². The molecule has 3 aromatic rings. The summed E-state index contributed by atoms with van der Waals surface area (Å²) in [5.74, 6) is 2.44. The number of rotatable bonds is 3. The van der Waals surface area contributed by atoms with Gasteiger partial charge in [-0.1, -0.05) is 28.1 Å². The number of ether oxygens (including phenoxy) is 2. The normalized spacial score (nSPS) is 20.5. The Balaban J connectivity index is 1.64. The first-order chi connectivity index (χ1) is 13.2. The van der Waals surface area contributed by atoms with E-state index in [0.29, 0.717) is 0 Å². The molecule has 1 aromatic heterocycles. The van der Waals surface area contributed by atoms with Gasteiger partial charge in [0.25, 0.3) is 0 Å². The van der Waals surface area contributed by atoms with E-state index in [0.717, 1.165) is 45.0 Å². The second kappa shape index (κ2) is 6.46. The molecule has 5 nitrogen and oxygen atoms in total. The maximum atomic E-state index is 6.38. The summed E-state index contributed by atoms with van der Waals surface area (Å²) in [5, 5.41) is 6.89. The van der Waals surface area contributed by atoms with Crippen molar-refractivity contribution in [3.8, 4) is 11.5 Å². The van der Waals surface area contributed by atoms with E-state index >= 15 is 0 Å². The van der Waals surface area contributed by atoms with Gasteiger partial charge in [-0.15, -0.1) is 0 Å². The minimum atomic E-state index is -0.368. The number of fused-ring (bicyclic) bond motifs is 3. The van der Waals surface area contributed by atoms with Gasteiger partial charge in [-0.25, -0.2) is 5.01 Å². The lowest BCUT2D eigenvalue weighted by atomic mass is 9.97. The third kappa shape index (κ3) is 2.72. The van der Waals surface area contributed by atoms with Crippen LogP contribution in [0.2, 0.25) is 0 Å². The summed E-state index contributed by atoms with van der Waals surface area (Å²) in [4.78, 5) is 0. The highest BCUT2D eigenvalue weighted by Crippen LogP contribution is 2.49. The van der Waals surface area contributed by atoms with Crippen LogP contribution in [0.1, 0.15) is 35.6 Å². The van der Waals surface area contributed by atoms with E-state index in [4.69, 9.17) is 19.0 Å². The van der Waals surface area contributed by atoms with Gasteiger partial charge in [-0.3, -0.25) is 0 Å². The Hall–Kier alpha value is -2.73. The summed E-state index contributed by atoms with van der Waals surface area (Å²) in [5.41, 5.74) is 2.98. The van der Waals surface area contributed by atoms with E-state index in [1.165, 1.54) is 0 Å². The first-order valence-electron chi connectivity index (χ1n) is 8.73. The van der Waals surface area contributed by atoms with Gasteiger partial charge in [-0.05, 0) is 42.5 Å². The van der Waals surface area contributed by atoms with Crippen LogP contribution in [-0.2, 0) is 0 Å². The van der Waals surface area contributed by atoms with Crippen molar-refractivity contribution in [3.63, 3.8) is 0 Å². The number of para-hydroxylation sites is 1. The molecular weight excluding hydrogens is 408 g/mol. The molecule has 2 aliphatic heterocycles. The summed E-state index contributed by atoms with van der Waals surface area (Å²) in [7, 11) is 1.67. The molecule has 3 heterocycles. The zero-order valence-electron chi connectivity index (χ0n) is 14.6. The number of hydrogen-bond acceptors (Lipinski definition) is 5. The number of halogens is 1. The molecule has 0 saturated heterocycles. The smallest absolute Gasteiger partial charge is 0.217 e. The highest BCUT2D eigenvalue weighted by Gasteiger charge is 2.42. The van der Waals surface area contributed by atoms with E-state index in [2.05, 4.69) is 22.0 Å². The van der Waals surface area contributed by atoms with Gasteiger partial charge in [0.2, 0.25) is 6.23 Å². The first kappa shape index (κ1) is 16.4. The summed E-state index contributed by atoms with van der Waals surface area (Å²) in [6.45, 7) is 0. The third-order valence-corrected chi connectivity index (χ3v) is 5.46. The molecule has 5 rings (SSSR count). The van der Waals surface area contributed by atoms with Gasteiger partial charge >= 0.3 is 0 Å². The summed E-state index contributed by atoms with van der Waals surface area (Å²) in [6, 6.07) is 17.9. The molecule has 0 unspecified atom stereocenters.